The van der Waals surface area contributed by atoms with E-state index < -0.39 is 0 Å². The van der Waals surface area contributed by atoms with Crippen LogP contribution in [0.15, 0.2) is 180 Å². The van der Waals surface area contributed by atoms with Crippen molar-refractivity contribution in [2.24, 2.45) is 0 Å². The van der Waals surface area contributed by atoms with Crippen molar-refractivity contribution in [3.63, 3.8) is 0 Å². The minimum atomic E-state index is 0.701. The summed E-state index contributed by atoms with van der Waals surface area (Å²) >= 11 is 0. The van der Waals surface area contributed by atoms with Gasteiger partial charge in [-0.3, -0.25) is 0 Å². The Balaban J connectivity index is 1.16. The molecule has 10 aromatic rings. The first-order valence-corrected chi connectivity index (χ1v) is 17.1. The van der Waals surface area contributed by atoms with E-state index in [-0.39, 0.29) is 0 Å². The Morgan fingerprint density at radius 2 is 0.961 bits per heavy atom. The third kappa shape index (κ3) is 4.96. The zero-order chi connectivity index (χ0) is 33.7. The summed E-state index contributed by atoms with van der Waals surface area (Å²) in [5, 5.41) is 5.54. The molecule has 4 heteroatoms. The van der Waals surface area contributed by atoms with Crippen LogP contribution in [-0.4, -0.2) is 15.0 Å². The predicted octanol–water partition coefficient (Wildman–Crippen LogP) is 12.4. The highest BCUT2D eigenvalue weighted by Gasteiger charge is 2.21. The van der Waals surface area contributed by atoms with Gasteiger partial charge in [0.25, 0.3) is 0 Å². The largest absolute Gasteiger partial charge is 0.454 e. The molecule has 0 amide bonds. The molecule has 0 saturated carbocycles. The monoisotopic (exact) mass is 651 g/mol. The quantitative estimate of drug-likeness (QED) is 0.186. The number of hydrogen-bond donors (Lipinski definition) is 0. The summed E-state index contributed by atoms with van der Waals surface area (Å²) in [5.41, 5.74) is 11.4. The van der Waals surface area contributed by atoms with Crippen LogP contribution in [0, 0.1) is 0 Å². The molecule has 0 unspecified atom stereocenters. The fraction of sp³-hybridized carbons (Fsp3) is 0. The van der Waals surface area contributed by atoms with E-state index in [4.69, 9.17) is 19.4 Å². The highest BCUT2D eigenvalue weighted by atomic mass is 16.3. The van der Waals surface area contributed by atoms with Gasteiger partial charge in [0.2, 0.25) is 0 Å². The fourth-order valence-electron chi connectivity index (χ4n) is 7.24. The molecule has 4 nitrogen and oxygen atoms in total. The number of benzene rings is 7. The van der Waals surface area contributed by atoms with Gasteiger partial charge in [-0.25, -0.2) is 15.0 Å². The molecule has 10 rings (SSSR count). The maximum Gasteiger partial charge on any atom is 0.162 e. The van der Waals surface area contributed by atoms with Crippen LogP contribution in [0.2, 0.25) is 0 Å². The van der Waals surface area contributed by atoms with E-state index in [0.29, 0.717) is 5.82 Å². The van der Waals surface area contributed by atoms with Crippen molar-refractivity contribution in [2.75, 3.05) is 0 Å². The molecule has 0 atom stereocenters. The molecule has 0 saturated heterocycles. The third-order valence-electron chi connectivity index (χ3n) is 9.70. The van der Waals surface area contributed by atoms with Crippen molar-refractivity contribution in [1.82, 2.24) is 15.0 Å². The van der Waals surface area contributed by atoms with E-state index in [0.717, 1.165) is 88.7 Å². The second-order valence-electron chi connectivity index (χ2n) is 12.8. The minimum Gasteiger partial charge on any atom is -0.454 e. The Bertz CT molecular complexity index is 2830. The fourth-order valence-corrected chi connectivity index (χ4v) is 7.24. The molecule has 0 aliphatic rings. The number of pyridine rings is 1. The lowest BCUT2D eigenvalue weighted by Crippen LogP contribution is -1.96. The summed E-state index contributed by atoms with van der Waals surface area (Å²) in [4.78, 5) is 15.5. The Morgan fingerprint density at radius 1 is 0.392 bits per heavy atom. The van der Waals surface area contributed by atoms with Gasteiger partial charge in [0.15, 0.2) is 11.4 Å². The molecule has 0 aliphatic heterocycles. The Morgan fingerprint density at radius 3 is 1.75 bits per heavy atom. The number of aromatic nitrogens is 3. The van der Waals surface area contributed by atoms with Gasteiger partial charge in [0.1, 0.15) is 11.3 Å². The highest BCUT2D eigenvalue weighted by Crippen LogP contribution is 2.43. The molecule has 0 N–H and O–H groups in total. The highest BCUT2D eigenvalue weighted by molar-refractivity contribution is 6.23. The van der Waals surface area contributed by atoms with Crippen LogP contribution in [-0.2, 0) is 0 Å². The van der Waals surface area contributed by atoms with Crippen molar-refractivity contribution in [2.45, 2.75) is 0 Å². The zero-order valence-corrected chi connectivity index (χ0v) is 27.5. The van der Waals surface area contributed by atoms with Crippen LogP contribution >= 0.6 is 0 Å². The molecule has 3 aromatic heterocycles. The van der Waals surface area contributed by atoms with E-state index in [1.807, 2.05) is 48.5 Å². The minimum absolute atomic E-state index is 0.701. The van der Waals surface area contributed by atoms with Crippen LogP contribution in [0.4, 0.5) is 0 Å². The lowest BCUT2D eigenvalue weighted by molar-refractivity contribution is 0.669. The topological polar surface area (TPSA) is 51.8 Å². The van der Waals surface area contributed by atoms with Crippen LogP contribution in [0.25, 0.3) is 99.9 Å². The summed E-state index contributed by atoms with van der Waals surface area (Å²) < 4.78 is 6.61. The molecule has 0 aliphatic carbocycles. The maximum atomic E-state index is 6.61. The molecule has 51 heavy (non-hydrogen) atoms. The third-order valence-corrected chi connectivity index (χ3v) is 9.70. The SMILES string of the molecule is c1ccc(-c2cc(-c3ccc(-c4cccc5c4nc(-c4cccc6ccccc46)c4oc6ccccc6c45)cc3)nc(-c3ccccc3)n2)cc1. The van der Waals surface area contributed by atoms with Gasteiger partial charge in [-0.05, 0) is 28.5 Å². The predicted molar refractivity (Wildman–Crippen MR) is 209 cm³/mol. The molecular formula is C47H29N3O. The summed E-state index contributed by atoms with van der Waals surface area (Å²) in [5.74, 6) is 0.701. The second-order valence-corrected chi connectivity index (χ2v) is 12.8. The lowest BCUT2D eigenvalue weighted by atomic mass is 9.95. The molecule has 7 aromatic carbocycles. The van der Waals surface area contributed by atoms with Gasteiger partial charge in [-0.2, -0.15) is 0 Å². The number of para-hydroxylation sites is 2. The standard InChI is InChI=1S/C47H29N3O/c1-3-14-32(15-4-1)40-29-41(49-47(48-40)34-16-5-2-6-17-34)33-27-25-31(26-28-33)36-21-12-23-39-43-38-20-9-10-24-42(38)51-46(43)45(50-44(36)39)37-22-11-18-30-13-7-8-19-35(30)37/h1-29H. The average molecular weight is 652 g/mol. The number of nitrogens with zero attached hydrogens (tertiary/aromatic N) is 3. The zero-order valence-electron chi connectivity index (χ0n) is 27.5. The van der Waals surface area contributed by atoms with Crippen molar-refractivity contribution in [3.05, 3.63) is 176 Å². The summed E-state index contributed by atoms with van der Waals surface area (Å²) in [6, 6.07) is 60.7. The van der Waals surface area contributed by atoms with Crippen LogP contribution in [0.3, 0.4) is 0 Å². The molecule has 0 radical (unpaired) electrons. The van der Waals surface area contributed by atoms with E-state index in [1.165, 1.54) is 5.39 Å². The number of rotatable bonds is 5. The summed E-state index contributed by atoms with van der Waals surface area (Å²) in [6.45, 7) is 0. The first-order chi connectivity index (χ1) is 25.3. The van der Waals surface area contributed by atoms with Gasteiger partial charge in [-0.1, -0.05) is 164 Å². The molecular weight excluding hydrogens is 623 g/mol. The summed E-state index contributed by atoms with van der Waals surface area (Å²) in [7, 11) is 0. The van der Waals surface area contributed by atoms with Gasteiger partial charge >= 0.3 is 0 Å². The van der Waals surface area contributed by atoms with Gasteiger partial charge < -0.3 is 4.42 Å². The van der Waals surface area contributed by atoms with Gasteiger partial charge in [0.05, 0.1) is 16.9 Å². The second kappa shape index (κ2) is 11.9. The van der Waals surface area contributed by atoms with E-state index in [1.54, 1.807) is 0 Å². The Kier molecular flexibility index (Phi) is 6.78. The number of hydrogen-bond acceptors (Lipinski definition) is 4. The lowest BCUT2D eigenvalue weighted by Gasteiger charge is -2.13. The molecule has 0 fully saturated rings. The molecule has 238 valence electrons. The number of fused-ring (bicyclic) bond motifs is 6. The smallest absolute Gasteiger partial charge is 0.162 e. The summed E-state index contributed by atoms with van der Waals surface area (Å²) in [6.07, 6.45) is 0. The average Bonchev–Trinajstić information content (AvgIpc) is 3.61. The van der Waals surface area contributed by atoms with Crippen molar-refractivity contribution in [1.29, 1.82) is 0 Å². The van der Waals surface area contributed by atoms with Crippen LogP contribution in [0.1, 0.15) is 0 Å². The van der Waals surface area contributed by atoms with E-state index in [2.05, 4.69) is 127 Å². The first-order valence-electron chi connectivity index (χ1n) is 17.1. The number of furan rings is 1. The van der Waals surface area contributed by atoms with Crippen LogP contribution in [0.5, 0.6) is 0 Å². The van der Waals surface area contributed by atoms with Gasteiger partial charge in [0, 0.05) is 44.0 Å². The van der Waals surface area contributed by atoms with E-state index in [9.17, 15) is 0 Å². The molecule has 0 bridgehead atoms. The van der Waals surface area contributed by atoms with Crippen molar-refractivity contribution < 1.29 is 4.42 Å². The molecule has 3 heterocycles. The van der Waals surface area contributed by atoms with Crippen LogP contribution < -0.4 is 0 Å². The molecule has 0 spiro atoms. The maximum absolute atomic E-state index is 6.61. The van der Waals surface area contributed by atoms with Crippen molar-refractivity contribution >= 4 is 43.6 Å². The normalized spacial score (nSPS) is 11.5. The Labute approximate surface area is 294 Å². The van der Waals surface area contributed by atoms with Crippen molar-refractivity contribution in [3.8, 4) is 56.3 Å². The first kappa shape index (κ1) is 29.0. The Hall–Kier alpha value is -6.91. The van der Waals surface area contributed by atoms with Gasteiger partial charge in [-0.15, -0.1) is 0 Å². The van der Waals surface area contributed by atoms with E-state index >= 15 is 0 Å².